The summed E-state index contributed by atoms with van der Waals surface area (Å²) in [5, 5.41) is 23.0. The van der Waals surface area contributed by atoms with E-state index < -0.39 is 11.5 Å². The Balaban J connectivity index is 1.69. The van der Waals surface area contributed by atoms with E-state index in [9.17, 15) is 19.1 Å². The Morgan fingerprint density at radius 2 is 1.87 bits per heavy atom. The molecule has 0 spiro atoms. The molecule has 1 fully saturated rings. The van der Waals surface area contributed by atoms with Gasteiger partial charge in [-0.2, -0.15) is 5.26 Å². The molecule has 0 saturated heterocycles. The summed E-state index contributed by atoms with van der Waals surface area (Å²) < 4.78 is 27.7. The molecule has 2 aromatic rings. The number of aromatic nitrogens is 3. The Labute approximate surface area is 181 Å². The summed E-state index contributed by atoms with van der Waals surface area (Å²) in [5.41, 5.74) is 0.0849. The highest BCUT2D eigenvalue weighted by Crippen LogP contribution is 2.34. The van der Waals surface area contributed by atoms with E-state index >= 15 is 0 Å². The first-order valence-corrected chi connectivity index (χ1v) is 10.6. The van der Waals surface area contributed by atoms with E-state index in [1.165, 1.54) is 24.7 Å². The van der Waals surface area contributed by atoms with Crippen LogP contribution >= 0.6 is 0 Å². The van der Waals surface area contributed by atoms with Crippen molar-refractivity contribution in [3.05, 3.63) is 47.2 Å². The highest BCUT2D eigenvalue weighted by atomic mass is 19.3. The molecule has 2 N–H and O–H groups in total. The maximum absolute atomic E-state index is 13.8. The maximum Gasteiger partial charge on any atom is 0.270 e. The van der Waals surface area contributed by atoms with Crippen molar-refractivity contribution in [1.29, 1.82) is 5.26 Å². The van der Waals surface area contributed by atoms with E-state index in [0.29, 0.717) is 35.6 Å². The van der Waals surface area contributed by atoms with E-state index in [0.717, 1.165) is 32.6 Å². The van der Waals surface area contributed by atoms with Gasteiger partial charge in [-0.25, -0.2) is 18.7 Å². The Morgan fingerprint density at radius 3 is 2.48 bits per heavy atom. The lowest BCUT2D eigenvalue weighted by Crippen LogP contribution is -2.37. The van der Waals surface area contributed by atoms with Gasteiger partial charge in [-0.1, -0.05) is 0 Å². The van der Waals surface area contributed by atoms with Crippen LogP contribution in [-0.4, -0.2) is 31.7 Å². The molecule has 0 aliphatic heterocycles. The number of pyridine rings is 1. The number of rotatable bonds is 7. The fourth-order valence-electron chi connectivity index (χ4n) is 4.17. The van der Waals surface area contributed by atoms with E-state index in [1.807, 2.05) is 13.8 Å². The summed E-state index contributed by atoms with van der Waals surface area (Å²) >= 11 is 0. The summed E-state index contributed by atoms with van der Waals surface area (Å²) in [6.07, 6.45) is 8.54. The number of aryl methyl sites for hydroxylation is 2. The van der Waals surface area contributed by atoms with Gasteiger partial charge in [0, 0.05) is 37.3 Å². The van der Waals surface area contributed by atoms with Crippen molar-refractivity contribution in [1.82, 2.24) is 15.0 Å². The second kappa shape index (κ2) is 9.23. The zero-order chi connectivity index (χ0) is 22.6. The average molecular weight is 430 g/mol. The summed E-state index contributed by atoms with van der Waals surface area (Å²) in [7, 11) is 0. The normalized spacial score (nSPS) is 19.6. The van der Waals surface area contributed by atoms with Crippen LogP contribution in [0.5, 0.6) is 0 Å². The third-order valence-electron chi connectivity index (χ3n) is 6.02. The van der Waals surface area contributed by atoms with Crippen LogP contribution in [0.4, 0.5) is 14.6 Å². The van der Waals surface area contributed by atoms with E-state index in [2.05, 4.69) is 26.3 Å². The molecule has 8 heteroatoms. The molecule has 1 aliphatic carbocycles. The van der Waals surface area contributed by atoms with Crippen LogP contribution in [0.15, 0.2) is 24.7 Å². The molecule has 0 amide bonds. The van der Waals surface area contributed by atoms with Crippen molar-refractivity contribution in [2.45, 2.75) is 76.9 Å². The van der Waals surface area contributed by atoms with E-state index in [-0.39, 0.29) is 17.5 Å². The number of anilines is 1. The highest BCUT2D eigenvalue weighted by molar-refractivity contribution is 5.51. The van der Waals surface area contributed by atoms with Crippen molar-refractivity contribution < 1.29 is 13.9 Å². The molecule has 31 heavy (non-hydrogen) atoms. The number of nitrogens with one attached hydrogen (secondary N) is 1. The monoisotopic (exact) mass is 429 g/mol. The van der Waals surface area contributed by atoms with Crippen LogP contribution in [0.2, 0.25) is 0 Å². The van der Waals surface area contributed by atoms with Gasteiger partial charge < -0.3 is 10.4 Å². The standard InChI is InChI=1S/C23H29F2N5O/c1-22(2,31)17-5-7-18(8-6-17)29-21-16(12-26)14-28-20(30-21)9-4-15-13-27-11-10-19(15)23(3,24)25/h10-11,13-14,17-18,31H,4-9H2,1-3H3,(H,28,29,30). The number of alkyl halides is 2. The number of halogens is 2. The van der Waals surface area contributed by atoms with Gasteiger partial charge in [0.05, 0.1) is 11.8 Å². The lowest BCUT2D eigenvalue weighted by Gasteiger charge is -2.36. The smallest absolute Gasteiger partial charge is 0.270 e. The van der Waals surface area contributed by atoms with Gasteiger partial charge in [0.1, 0.15) is 23.3 Å². The van der Waals surface area contributed by atoms with Crippen molar-refractivity contribution >= 4 is 5.82 Å². The summed E-state index contributed by atoms with van der Waals surface area (Å²) in [6, 6.07) is 3.61. The first-order valence-electron chi connectivity index (χ1n) is 10.6. The minimum absolute atomic E-state index is 0.0435. The molecule has 0 radical (unpaired) electrons. The minimum Gasteiger partial charge on any atom is -0.390 e. The lowest BCUT2D eigenvalue weighted by molar-refractivity contribution is -0.000423. The van der Waals surface area contributed by atoms with Gasteiger partial charge in [-0.3, -0.25) is 4.98 Å². The largest absolute Gasteiger partial charge is 0.390 e. The Kier molecular flexibility index (Phi) is 6.85. The molecular weight excluding hydrogens is 400 g/mol. The number of nitriles is 1. The maximum atomic E-state index is 13.8. The number of aliphatic hydroxyl groups is 1. The molecule has 0 atom stereocenters. The third-order valence-corrected chi connectivity index (χ3v) is 6.02. The number of hydrogen-bond acceptors (Lipinski definition) is 6. The molecule has 1 aliphatic rings. The lowest BCUT2D eigenvalue weighted by atomic mass is 9.77. The highest BCUT2D eigenvalue weighted by Gasteiger charge is 2.31. The minimum atomic E-state index is -2.95. The number of nitrogens with zero attached hydrogens (tertiary/aromatic N) is 4. The van der Waals surface area contributed by atoms with Crippen molar-refractivity contribution in [3.8, 4) is 6.07 Å². The SMILES string of the molecule is CC(F)(F)c1ccncc1CCc1ncc(C#N)c(NC2CCC(C(C)(C)O)CC2)n1. The Hall–Kier alpha value is -2.66. The van der Waals surface area contributed by atoms with Crippen LogP contribution in [0.25, 0.3) is 0 Å². The second-order valence-electron chi connectivity index (χ2n) is 8.93. The molecule has 0 unspecified atom stereocenters. The first kappa shape index (κ1) is 23.0. The van der Waals surface area contributed by atoms with Crippen LogP contribution in [0, 0.1) is 17.2 Å². The van der Waals surface area contributed by atoms with Crippen molar-refractivity contribution in [2.75, 3.05) is 5.32 Å². The average Bonchev–Trinajstić information content (AvgIpc) is 2.72. The fraction of sp³-hybridized carbons (Fsp3) is 0.565. The second-order valence-corrected chi connectivity index (χ2v) is 8.93. The van der Waals surface area contributed by atoms with Crippen LogP contribution in [0.3, 0.4) is 0 Å². The zero-order valence-electron chi connectivity index (χ0n) is 18.2. The van der Waals surface area contributed by atoms with Gasteiger partial charge >= 0.3 is 0 Å². The van der Waals surface area contributed by atoms with Gasteiger partial charge in [0.2, 0.25) is 0 Å². The molecule has 1 saturated carbocycles. The molecule has 3 rings (SSSR count). The Morgan fingerprint density at radius 1 is 1.16 bits per heavy atom. The topological polar surface area (TPSA) is 94.7 Å². The van der Waals surface area contributed by atoms with Gasteiger partial charge in [-0.15, -0.1) is 0 Å². The molecule has 2 heterocycles. The number of hydrogen-bond donors (Lipinski definition) is 2. The summed E-state index contributed by atoms with van der Waals surface area (Å²) in [5.74, 6) is -1.72. The molecule has 0 aromatic carbocycles. The fourth-order valence-corrected chi connectivity index (χ4v) is 4.17. The van der Waals surface area contributed by atoms with E-state index in [1.54, 1.807) is 0 Å². The van der Waals surface area contributed by atoms with Crippen molar-refractivity contribution in [3.63, 3.8) is 0 Å². The summed E-state index contributed by atoms with van der Waals surface area (Å²) in [4.78, 5) is 12.7. The van der Waals surface area contributed by atoms with Gasteiger partial charge in [0.15, 0.2) is 0 Å². The predicted molar refractivity (Wildman–Crippen MR) is 114 cm³/mol. The predicted octanol–water partition coefficient (Wildman–Crippen LogP) is 4.38. The molecule has 2 aromatic heterocycles. The quantitative estimate of drug-likeness (QED) is 0.678. The van der Waals surface area contributed by atoms with Crippen LogP contribution in [-0.2, 0) is 18.8 Å². The molecular formula is C23H29F2N5O. The Bertz CT molecular complexity index is 938. The van der Waals surface area contributed by atoms with Crippen LogP contribution < -0.4 is 5.32 Å². The van der Waals surface area contributed by atoms with Gasteiger partial charge in [-0.05, 0) is 63.5 Å². The summed E-state index contributed by atoms with van der Waals surface area (Å²) in [6.45, 7) is 4.56. The van der Waals surface area contributed by atoms with Crippen LogP contribution in [0.1, 0.15) is 69.0 Å². The van der Waals surface area contributed by atoms with Crippen molar-refractivity contribution in [2.24, 2.45) is 5.92 Å². The third kappa shape index (κ3) is 5.95. The first-order chi connectivity index (χ1) is 14.6. The van der Waals surface area contributed by atoms with Gasteiger partial charge in [0.25, 0.3) is 5.92 Å². The molecule has 166 valence electrons. The molecule has 6 nitrogen and oxygen atoms in total. The zero-order valence-corrected chi connectivity index (χ0v) is 18.2. The van der Waals surface area contributed by atoms with E-state index in [4.69, 9.17) is 0 Å². The molecule has 0 bridgehead atoms.